The van der Waals surface area contributed by atoms with Gasteiger partial charge in [-0.3, -0.25) is 4.72 Å². The molecule has 0 spiro atoms. The molecule has 0 atom stereocenters. The number of nitrogens with one attached hydrogen (secondary N) is 1. The number of nitrogens with zero attached hydrogens (tertiary/aromatic N) is 2. The molecular weight excluding hydrogens is 300 g/mol. The minimum Gasteiger partial charge on any atom is -0.384 e. The van der Waals surface area contributed by atoms with E-state index in [4.69, 9.17) is 22.6 Å². The number of hydrogen-bond acceptors (Lipinski definition) is 5. The van der Waals surface area contributed by atoms with Crippen molar-refractivity contribution in [3.8, 4) is 6.07 Å². The fourth-order valence-corrected chi connectivity index (χ4v) is 2.65. The molecule has 0 amide bonds. The van der Waals surface area contributed by atoms with Crippen LogP contribution in [0.25, 0.3) is 0 Å². The van der Waals surface area contributed by atoms with Gasteiger partial charge in [0.05, 0.1) is 16.3 Å². The molecule has 0 saturated carbocycles. The highest BCUT2D eigenvalue weighted by atomic mass is 35.5. The first-order chi connectivity index (χ1) is 9.42. The van der Waals surface area contributed by atoms with Crippen molar-refractivity contribution < 1.29 is 8.42 Å². The smallest absolute Gasteiger partial charge is 0.263 e. The third-order valence-electron chi connectivity index (χ3n) is 2.41. The lowest BCUT2D eigenvalue weighted by atomic mass is 10.2. The van der Waals surface area contributed by atoms with Crippen LogP contribution >= 0.6 is 11.6 Å². The Balaban J connectivity index is 2.31. The summed E-state index contributed by atoms with van der Waals surface area (Å²) in [7, 11) is -3.78. The van der Waals surface area contributed by atoms with E-state index < -0.39 is 10.0 Å². The van der Waals surface area contributed by atoms with Gasteiger partial charge in [-0.1, -0.05) is 11.6 Å². The zero-order valence-corrected chi connectivity index (χ0v) is 11.6. The summed E-state index contributed by atoms with van der Waals surface area (Å²) in [5.41, 5.74) is 5.92. The topological polar surface area (TPSA) is 109 Å². The Bertz CT molecular complexity index is 782. The number of aromatic nitrogens is 1. The van der Waals surface area contributed by atoms with Crippen molar-refractivity contribution in [2.75, 3.05) is 10.5 Å². The van der Waals surface area contributed by atoms with Gasteiger partial charge in [0.25, 0.3) is 10.0 Å². The molecule has 6 nitrogen and oxygen atoms in total. The largest absolute Gasteiger partial charge is 0.384 e. The number of anilines is 2. The number of hydrogen-bond donors (Lipinski definition) is 2. The van der Waals surface area contributed by atoms with E-state index in [-0.39, 0.29) is 27.0 Å². The number of nitriles is 1. The van der Waals surface area contributed by atoms with Gasteiger partial charge in [-0.05, 0) is 30.3 Å². The van der Waals surface area contributed by atoms with Crippen LogP contribution in [0.2, 0.25) is 5.02 Å². The van der Waals surface area contributed by atoms with Gasteiger partial charge in [0, 0.05) is 6.20 Å². The van der Waals surface area contributed by atoms with Gasteiger partial charge < -0.3 is 5.73 Å². The zero-order valence-electron chi connectivity index (χ0n) is 10.0. The van der Waals surface area contributed by atoms with Crippen molar-refractivity contribution in [3.05, 3.63) is 47.1 Å². The fourth-order valence-electron chi connectivity index (χ4n) is 1.43. The summed E-state index contributed by atoms with van der Waals surface area (Å²) in [6.07, 6.45) is 1.16. The SMILES string of the molecule is N#Cc1ccc(NS(=O)(=O)c2ccc(N)nc2)cc1Cl. The van der Waals surface area contributed by atoms with E-state index in [2.05, 4.69) is 9.71 Å². The summed E-state index contributed by atoms with van der Waals surface area (Å²) < 4.78 is 26.5. The fraction of sp³-hybridized carbons (Fsp3) is 0. The Hall–Kier alpha value is -2.30. The minimum absolute atomic E-state index is 0.0211. The van der Waals surface area contributed by atoms with E-state index in [9.17, 15) is 8.42 Å². The molecule has 20 heavy (non-hydrogen) atoms. The highest BCUT2D eigenvalue weighted by Crippen LogP contribution is 2.22. The number of halogens is 1. The zero-order chi connectivity index (χ0) is 14.8. The van der Waals surface area contributed by atoms with Crippen LogP contribution in [-0.4, -0.2) is 13.4 Å². The highest BCUT2D eigenvalue weighted by molar-refractivity contribution is 7.92. The summed E-state index contributed by atoms with van der Waals surface area (Å²) in [5.74, 6) is 0.227. The lowest BCUT2D eigenvalue weighted by molar-refractivity contribution is 0.601. The Morgan fingerprint density at radius 3 is 2.60 bits per heavy atom. The van der Waals surface area contributed by atoms with Crippen molar-refractivity contribution in [2.45, 2.75) is 4.90 Å². The van der Waals surface area contributed by atoms with Crippen molar-refractivity contribution >= 4 is 33.1 Å². The highest BCUT2D eigenvalue weighted by Gasteiger charge is 2.15. The molecule has 2 rings (SSSR count). The molecule has 0 aliphatic heterocycles. The second kappa shape index (κ2) is 5.36. The first kappa shape index (κ1) is 14.1. The molecule has 0 saturated heterocycles. The average Bonchev–Trinajstić information content (AvgIpc) is 2.39. The number of nitrogen functional groups attached to an aromatic ring is 1. The predicted molar refractivity (Wildman–Crippen MR) is 75.6 cm³/mol. The van der Waals surface area contributed by atoms with Crippen LogP contribution < -0.4 is 10.5 Å². The standard InChI is InChI=1S/C12H9ClN4O2S/c13-11-5-9(2-1-8(11)6-14)17-20(18,19)10-3-4-12(15)16-7-10/h1-5,7,17H,(H2,15,16). The predicted octanol–water partition coefficient (Wildman–Crippen LogP) is 1.99. The number of pyridine rings is 1. The molecular formula is C12H9ClN4O2S. The van der Waals surface area contributed by atoms with Crippen molar-refractivity contribution in [2.24, 2.45) is 0 Å². The van der Waals surface area contributed by atoms with E-state index >= 15 is 0 Å². The van der Waals surface area contributed by atoms with E-state index in [0.717, 1.165) is 6.20 Å². The molecule has 3 N–H and O–H groups in total. The molecule has 0 aliphatic carbocycles. The number of nitrogens with two attached hydrogens (primary N) is 1. The molecule has 1 heterocycles. The molecule has 102 valence electrons. The molecule has 0 fully saturated rings. The van der Waals surface area contributed by atoms with Crippen LogP contribution in [0, 0.1) is 11.3 Å². The van der Waals surface area contributed by atoms with Gasteiger partial charge in [0.15, 0.2) is 0 Å². The molecule has 1 aromatic carbocycles. The van der Waals surface area contributed by atoms with Crippen molar-refractivity contribution in [3.63, 3.8) is 0 Å². The Morgan fingerprint density at radius 1 is 1.30 bits per heavy atom. The van der Waals surface area contributed by atoms with Crippen LogP contribution in [0.5, 0.6) is 0 Å². The first-order valence-electron chi connectivity index (χ1n) is 5.36. The molecule has 0 bridgehead atoms. The quantitative estimate of drug-likeness (QED) is 0.901. The van der Waals surface area contributed by atoms with Gasteiger partial charge >= 0.3 is 0 Å². The van der Waals surface area contributed by atoms with E-state index in [0.29, 0.717) is 0 Å². The lowest BCUT2D eigenvalue weighted by Crippen LogP contribution is -2.13. The Kier molecular flexibility index (Phi) is 3.79. The molecule has 2 aromatic rings. The van der Waals surface area contributed by atoms with Crippen LogP contribution in [0.3, 0.4) is 0 Å². The van der Waals surface area contributed by atoms with Crippen LogP contribution in [-0.2, 0) is 10.0 Å². The summed E-state index contributed by atoms with van der Waals surface area (Å²) in [6.45, 7) is 0. The van der Waals surface area contributed by atoms with Crippen LogP contribution in [0.1, 0.15) is 5.56 Å². The molecule has 0 unspecified atom stereocenters. The van der Waals surface area contributed by atoms with Gasteiger partial charge in [0.2, 0.25) is 0 Å². The first-order valence-corrected chi connectivity index (χ1v) is 7.22. The third-order valence-corrected chi connectivity index (χ3v) is 4.09. The monoisotopic (exact) mass is 308 g/mol. The maximum absolute atomic E-state index is 12.1. The number of rotatable bonds is 3. The molecule has 8 heteroatoms. The summed E-state index contributed by atoms with van der Waals surface area (Å²) in [4.78, 5) is 3.70. The van der Waals surface area contributed by atoms with Gasteiger partial charge in [-0.25, -0.2) is 13.4 Å². The van der Waals surface area contributed by atoms with Gasteiger partial charge in [-0.15, -0.1) is 0 Å². The maximum Gasteiger partial charge on any atom is 0.263 e. The summed E-state index contributed by atoms with van der Waals surface area (Å²) in [5, 5.41) is 8.92. The second-order valence-electron chi connectivity index (χ2n) is 3.83. The lowest BCUT2D eigenvalue weighted by Gasteiger charge is -2.08. The average molecular weight is 309 g/mol. The molecule has 0 aliphatic rings. The minimum atomic E-state index is -3.78. The summed E-state index contributed by atoms with van der Waals surface area (Å²) >= 11 is 5.84. The molecule has 0 radical (unpaired) electrons. The van der Waals surface area contributed by atoms with Gasteiger partial charge in [0.1, 0.15) is 16.8 Å². The second-order valence-corrected chi connectivity index (χ2v) is 5.92. The van der Waals surface area contributed by atoms with Crippen LogP contribution in [0.4, 0.5) is 11.5 Å². The van der Waals surface area contributed by atoms with Gasteiger partial charge in [-0.2, -0.15) is 5.26 Å². The van der Waals surface area contributed by atoms with Crippen LogP contribution in [0.15, 0.2) is 41.4 Å². The van der Waals surface area contributed by atoms with E-state index in [1.165, 1.54) is 30.3 Å². The van der Waals surface area contributed by atoms with Crippen molar-refractivity contribution in [1.82, 2.24) is 4.98 Å². The number of sulfonamides is 1. The Labute approximate surface area is 120 Å². The molecule has 1 aromatic heterocycles. The third kappa shape index (κ3) is 2.99. The number of benzene rings is 1. The van der Waals surface area contributed by atoms with E-state index in [1.807, 2.05) is 6.07 Å². The Morgan fingerprint density at radius 2 is 2.05 bits per heavy atom. The van der Waals surface area contributed by atoms with Crippen molar-refractivity contribution in [1.29, 1.82) is 5.26 Å². The van der Waals surface area contributed by atoms with E-state index in [1.54, 1.807) is 0 Å². The normalized spacial score (nSPS) is 10.8. The summed E-state index contributed by atoms with van der Waals surface area (Å²) in [6, 6.07) is 8.87. The maximum atomic E-state index is 12.1.